The van der Waals surface area contributed by atoms with Gasteiger partial charge in [-0.1, -0.05) is 79.6 Å². The number of cyclic esters (lactones) is 1. The molecule has 0 radical (unpaired) electrons. The molecule has 2 N–H and O–H groups in total. The number of benzene rings is 2. The molecule has 4 aliphatic heterocycles. The van der Waals surface area contributed by atoms with Crippen LogP contribution in [0.5, 0.6) is 0 Å². The van der Waals surface area contributed by atoms with Gasteiger partial charge < -0.3 is 29.7 Å². The lowest BCUT2D eigenvalue weighted by atomic mass is 9.74. The SMILES string of the molecule is Cc1ccc(C)c(N2C/C=C\CCC(=O)N[C@@H](C)[C@H](c3ccccc3)OC(=O)[C@@H]3[C@H]4C(=O)N(CCCCCCO)[C@H](C2=O)[C@]42C=C[C@H]3O2)c1. The van der Waals surface area contributed by atoms with Gasteiger partial charge in [-0.2, -0.15) is 0 Å². The first-order valence-electron chi connectivity index (χ1n) is 17.5. The Morgan fingerprint density at radius 2 is 1.73 bits per heavy atom. The number of amides is 3. The van der Waals surface area contributed by atoms with Crippen LogP contribution < -0.4 is 10.2 Å². The van der Waals surface area contributed by atoms with Crippen molar-refractivity contribution < 1.29 is 33.8 Å². The number of aliphatic hydroxyl groups excluding tert-OH is 1. The molecule has 2 aromatic rings. The van der Waals surface area contributed by atoms with Crippen LogP contribution in [0.25, 0.3) is 0 Å². The number of rotatable bonds is 8. The standard InChI is InChI=1S/C39H47N3O7/c1-25-17-18-26(2)29(24-25)41-21-12-7-10-16-31(44)40-27(3)34(28-14-8-6-9-15-28)48-38(47)32-30-19-20-39(49-30)33(32)36(45)42(35(39)37(41)46)22-11-4-5-13-23-43/h6-9,12,14-15,17-20,24,27,30,32-35,43H,4-5,10-11,13,16,21-23H2,1-3H3,(H,40,44)/b12-7-/t27-,30+,32-,33-,34+,35+,39-/m0/s1. The van der Waals surface area contributed by atoms with Crippen molar-refractivity contribution in [3.63, 3.8) is 0 Å². The number of nitrogens with one attached hydrogen (secondary N) is 1. The van der Waals surface area contributed by atoms with Crippen molar-refractivity contribution in [1.29, 1.82) is 0 Å². The van der Waals surface area contributed by atoms with Crippen LogP contribution in [0.3, 0.4) is 0 Å². The molecule has 4 heterocycles. The molecular weight excluding hydrogens is 622 g/mol. The lowest BCUT2D eigenvalue weighted by Gasteiger charge is -2.36. The van der Waals surface area contributed by atoms with E-state index >= 15 is 4.79 Å². The topological polar surface area (TPSA) is 125 Å². The zero-order valence-electron chi connectivity index (χ0n) is 28.5. The second kappa shape index (κ2) is 14.7. The molecule has 10 heteroatoms. The minimum Gasteiger partial charge on any atom is -0.455 e. The van der Waals surface area contributed by atoms with Crippen molar-refractivity contribution in [1.82, 2.24) is 10.2 Å². The third kappa shape index (κ3) is 6.68. The molecule has 1 spiro atoms. The molecule has 10 nitrogen and oxygen atoms in total. The van der Waals surface area contributed by atoms with Gasteiger partial charge in [-0.25, -0.2) is 0 Å². The minimum absolute atomic E-state index is 0.101. The largest absolute Gasteiger partial charge is 0.455 e. The summed E-state index contributed by atoms with van der Waals surface area (Å²) in [6.45, 7) is 6.37. The molecule has 2 saturated heterocycles. The number of aryl methyl sites for hydroxylation is 2. The number of likely N-dealkylation sites (tertiary alicyclic amines) is 1. The van der Waals surface area contributed by atoms with E-state index in [2.05, 4.69) is 5.32 Å². The van der Waals surface area contributed by atoms with E-state index in [0.717, 1.165) is 35.2 Å². The number of anilines is 1. The van der Waals surface area contributed by atoms with E-state index in [1.807, 2.05) is 87.5 Å². The van der Waals surface area contributed by atoms with Crippen LogP contribution in [0.1, 0.15) is 68.2 Å². The van der Waals surface area contributed by atoms with Crippen LogP contribution in [0.15, 0.2) is 72.8 Å². The molecule has 0 saturated carbocycles. The van der Waals surface area contributed by atoms with Crippen molar-refractivity contribution >= 4 is 29.4 Å². The lowest BCUT2D eigenvalue weighted by Crippen LogP contribution is -2.56. The highest BCUT2D eigenvalue weighted by Gasteiger charge is 2.73. The predicted octanol–water partition coefficient (Wildman–Crippen LogP) is 4.48. The molecule has 5 bridgehead atoms. The zero-order chi connectivity index (χ0) is 34.7. The number of ether oxygens (including phenoxy) is 2. The molecule has 7 atom stereocenters. The predicted molar refractivity (Wildman–Crippen MR) is 184 cm³/mol. The Morgan fingerprint density at radius 1 is 0.959 bits per heavy atom. The molecule has 6 rings (SSSR count). The first-order valence-corrected chi connectivity index (χ1v) is 17.5. The fourth-order valence-corrected chi connectivity index (χ4v) is 7.89. The van der Waals surface area contributed by atoms with Gasteiger partial charge in [0.1, 0.15) is 23.7 Å². The first-order chi connectivity index (χ1) is 23.7. The summed E-state index contributed by atoms with van der Waals surface area (Å²) in [5, 5.41) is 12.3. The van der Waals surface area contributed by atoms with Gasteiger partial charge >= 0.3 is 5.97 Å². The van der Waals surface area contributed by atoms with Crippen molar-refractivity contribution in [2.24, 2.45) is 11.8 Å². The summed E-state index contributed by atoms with van der Waals surface area (Å²) >= 11 is 0. The number of hydrogen-bond donors (Lipinski definition) is 2. The highest BCUT2D eigenvalue weighted by Crippen LogP contribution is 2.56. The average Bonchev–Trinajstić information content (AvgIpc) is 3.73. The Kier molecular flexibility index (Phi) is 10.4. The molecule has 49 heavy (non-hydrogen) atoms. The zero-order valence-corrected chi connectivity index (χ0v) is 28.5. The number of carbonyl (C=O) groups excluding carboxylic acids is 4. The molecule has 4 aliphatic rings. The van der Waals surface area contributed by atoms with Crippen LogP contribution in [0, 0.1) is 25.7 Å². The second-order valence-electron chi connectivity index (χ2n) is 13.7. The molecule has 0 aromatic heterocycles. The van der Waals surface area contributed by atoms with Crippen molar-refractivity contribution in [3.05, 3.63) is 89.5 Å². The van der Waals surface area contributed by atoms with E-state index < -0.39 is 47.7 Å². The summed E-state index contributed by atoms with van der Waals surface area (Å²) in [6.07, 6.45) is 9.41. The number of unbranched alkanes of at least 4 members (excludes halogenated alkanes) is 3. The smallest absolute Gasteiger partial charge is 0.313 e. The third-order valence-electron chi connectivity index (χ3n) is 10.3. The van der Waals surface area contributed by atoms with Crippen LogP contribution in [-0.4, -0.2) is 77.2 Å². The Bertz CT molecular complexity index is 1620. The minimum atomic E-state index is -1.34. The lowest BCUT2D eigenvalue weighted by molar-refractivity contribution is -0.161. The second-order valence-corrected chi connectivity index (χ2v) is 13.7. The normalized spacial score (nSPS) is 30.8. The molecule has 0 aliphatic carbocycles. The summed E-state index contributed by atoms with van der Waals surface area (Å²) in [6, 6.07) is 13.6. The number of esters is 1. The van der Waals surface area contributed by atoms with Gasteiger partial charge in [-0.05, 0) is 62.8 Å². The molecule has 0 unspecified atom stereocenters. The van der Waals surface area contributed by atoms with Gasteiger partial charge in [0.25, 0.3) is 5.91 Å². The number of fused-ring (bicyclic) bond motifs is 2. The quantitative estimate of drug-likeness (QED) is 0.241. The number of allylic oxidation sites excluding steroid dienone is 1. The van der Waals surface area contributed by atoms with Gasteiger partial charge in [-0.3, -0.25) is 19.2 Å². The van der Waals surface area contributed by atoms with Crippen LogP contribution >= 0.6 is 0 Å². The molecular formula is C39H47N3O7. The molecule has 2 aromatic carbocycles. The molecule has 2 fully saturated rings. The van der Waals surface area contributed by atoms with E-state index in [1.54, 1.807) is 15.9 Å². The Morgan fingerprint density at radius 3 is 2.51 bits per heavy atom. The number of nitrogens with zero attached hydrogens (tertiary/aromatic N) is 2. The van der Waals surface area contributed by atoms with E-state index in [4.69, 9.17) is 9.47 Å². The van der Waals surface area contributed by atoms with Gasteiger partial charge in [0.15, 0.2) is 0 Å². The summed E-state index contributed by atoms with van der Waals surface area (Å²) in [7, 11) is 0. The van der Waals surface area contributed by atoms with Gasteiger partial charge in [0.05, 0.1) is 18.1 Å². The maximum atomic E-state index is 15.1. The monoisotopic (exact) mass is 669 g/mol. The fourth-order valence-electron chi connectivity index (χ4n) is 7.89. The summed E-state index contributed by atoms with van der Waals surface area (Å²) < 4.78 is 12.9. The van der Waals surface area contributed by atoms with Crippen molar-refractivity contribution in [2.75, 3.05) is 24.6 Å². The van der Waals surface area contributed by atoms with Gasteiger partial charge in [0.2, 0.25) is 11.8 Å². The first kappa shape index (κ1) is 34.6. The molecule has 260 valence electrons. The maximum Gasteiger partial charge on any atom is 0.313 e. The van der Waals surface area contributed by atoms with E-state index in [9.17, 15) is 19.5 Å². The average molecular weight is 670 g/mol. The summed E-state index contributed by atoms with van der Waals surface area (Å²) in [5.74, 6) is -3.29. The van der Waals surface area contributed by atoms with Crippen molar-refractivity contribution in [3.8, 4) is 0 Å². The fraction of sp³-hybridized carbons (Fsp3) is 0.487. The van der Waals surface area contributed by atoms with E-state index in [0.29, 0.717) is 25.8 Å². The van der Waals surface area contributed by atoms with E-state index in [1.165, 1.54) is 0 Å². The summed E-state index contributed by atoms with van der Waals surface area (Å²) in [4.78, 5) is 60.3. The number of carbonyl (C=O) groups is 4. The third-order valence-corrected chi connectivity index (χ3v) is 10.3. The Balaban J connectivity index is 1.43. The summed E-state index contributed by atoms with van der Waals surface area (Å²) in [5.41, 5.74) is 1.99. The highest BCUT2D eigenvalue weighted by atomic mass is 16.6. The van der Waals surface area contributed by atoms with Crippen molar-refractivity contribution in [2.45, 2.75) is 89.2 Å². The molecule has 3 amide bonds. The van der Waals surface area contributed by atoms with Gasteiger partial charge in [0, 0.05) is 31.8 Å². The number of hydrogen-bond acceptors (Lipinski definition) is 7. The van der Waals surface area contributed by atoms with Crippen LogP contribution in [0.2, 0.25) is 0 Å². The number of aliphatic hydroxyl groups is 1. The van der Waals surface area contributed by atoms with Crippen LogP contribution in [-0.2, 0) is 28.7 Å². The Labute approximate surface area is 288 Å². The van der Waals surface area contributed by atoms with Gasteiger partial charge in [-0.15, -0.1) is 0 Å². The maximum absolute atomic E-state index is 15.1. The van der Waals surface area contributed by atoms with E-state index in [-0.39, 0.29) is 37.3 Å². The van der Waals surface area contributed by atoms with Crippen LogP contribution in [0.4, 0.5) is 5.69 Å². The highest BCUT2D eigenvalue weighted by molar-refractivity contribution is 6.05. The Hall–Kier alpha value is -4.28.